The summed E-state index contributed by atoms with van der Waals surface area (Å²) >= 11 is 3.24. The first kappa shape index (κ1) is 10.6. The molecule has 1 heterocycles. The molecule has 80 valence electrons. The number of nitrogens with zero attached hydrogens (tertiary/aromatic N) is 1. The van der Waals surface area contributed by atoms with E-state index in [1.165, 1.54) is 6.42 Å². The van der Waals surface area contributed by atoms with Crippen LogP contribution in [0.5, 0.6) is 0 Å². The summed E-state index contributed by atoms with van der Waals surface area (Å²) in [5, 5.41) is 3.03. The number of carbonyl (C=O) groups is 1. The molecule has 0 atom stereocenters. The van der Waals surface area contributed by atoms with Gasteiger partial charge in [0.1, 0.15) is 4.60 Å². The van der Waals surface area contributed by atoms with Crippen LogP contribution in [0.1, 0.15) is 36.5 Å². The lowest BCUT2D eigenvalue weighted by atomic mass is 9.78. The highest BCUT2D eigenvalue weighted by atomic mass is 79.9. The molecule has 1 aliphatic carbocycles. The smallest absolute Gasteiger partial charge is 0.253 e. The van der Waals surface area contributed by atoms with Crippen molar-refractivity contribution in [1.82, 2.24) is 10.3 Å². The van der Waals surface area contributed by atoms with Gasteiger partial charge in [0.25, 0.3) is 5.91 Å². The Morgan fingerprint density at radius 1 is 1.53 bits per heavy atom. The van der Waals surface area contributed by atoms with E-state index < -0.39 is 0 Å². The number of hydrogen-bond acceptors (Lipinski definition) is 2. The Bertz CT molecular complexity index is 371. The molecule has 15 heavy (non-hydrogen) atoms. The summed E-state index contributed by atoms with van der Waals surface area (Å²) in [4.78, 5) is 15.8. The zero-order valence-electron chi connectivity index (χ0n) is 8.59. The molecule has 0 saturated heterocycles. The van der Waals surface area contributed by atoms with Gasteiger partial charge in [-0.1, -0.05) is 0 Å². The zero-order chi connectivity index (χ0) is 10.9. The number of halogens is 1. The minimum atomic E-state index is -0.0304. The largest absolute Gasteiger partial charge is 0.347 e. The zero-order valence-corrected chi connectivity index (χ0v) is 10.2. The van der Waals surface area contributed by atoms with Gasteiger partial charge in [0, 0.05) is 11.7 Å². The van der Waals surface area contributed by atoms with Crippen LogP contribution in [0.4, 0.5) is 0 Å². The first-order chi connectivity index (χ1) is 7.09. The minimum absolute atomic E-state index is 0.00412. The number of hydrogen-bond donors (Lipinski definition) is 1. The molecule has 0 unspecified atom stereocenters. The highest BCUT2D eigenvalue weighted by Crippen LogP contribution is 2.31. The fourth-order valence-corrected chi connectivity index (χ4v) is 1.92. The number of amides is 1. The first-order valence-electron chi connectivity index (χ1n) is 5.03. The van der Waals surface area contributed by atoms with Crippen molar-refractivity contribution in [3.05, 3.63) is 28.5 Å². The number of carbonyl (C=O) groups excluding carboxylic acids is 1. The normalized spacial score (nSPS) is 18.0. The molecule has 4 heteroatoms. The van der Waals surface area contributed by atoms with E-state index in [2.05, 4.69) is 33.2 Å². The minimum Gasteiger partial charge on any atom is -0.347 e. The average Bonchev–Trinajstić information content (AvgIpc) is 2.16. The molecule has 1 fully saturated rings. The van der Waals surface area contributed by atoms with E-state index in [0.29, 0.717) is 5.56 Å². The van der Waals surface area contributed by atoms with Crippen LogP contribution in [0, 0.1) is 0 Å². The maximum Gasteiger partial charge on any atom is 0.253 e. The van der Waals surface area contributed by atoms with Crippen LogP contribution in [-0.2, 0) is 0 Å². The number of nitrogens with one attached hydrogen (secondary N) is 1. The molecule has 2 rings (SSSR count). The van der Waals surface area contributed by atoms with Crippen molar-refractivity contribution in [2.45, 2.75) is 31.7 Å². The molecule has 0 aromatic carbocycles. The van der Waals surface area contributed by atoms with Crippen molar-refractivity contribution in [2.75, 3.05) is 0 Å². The predicted octanol–water partition coefficient (Wildman–Crippen LogP) is 2.52. The topological polar surface area (TPSA) is 42.0 Å². The van der Waals surface area contributed by atoms with E-state index in [1.807, 2.05) is 0 Å². The lowest BCUT2D eigenvalue weighted by Crippen LogP contribution is -2.50. The van der Waals surface area contributed by atoms with E-state index in [9.17, 15) is 4.79 Å². The second-order valence-corrected chi connectivity index (χ2v) is 5.05. The number of pyridine rings is 1. The molecular formula is C11H13BrN2O. The van der Waals surface area contributed by atoms with Crippen LogP contribution in [0.15, 0.2) is 22.9 Å². The summed E-state index contributed by atoms with van der Waals surface area (Å²) in [6, 6.07) is 3.55. The molecule has 0 bridgehead atoms. The molecule has 0 aliphatic heterocycles. The maximum atomic E-state index is 11.8. The van der Waals surface area contributed by atoms with Gasteiger partial charge in [-0.25, -0.2) is 4.98 Å². The average molecular weight is 269 g/mol. The molecule has 1 aromatic heterocycles. The Morgan fingerprint density at radius 3 is 2.73 bits per heavy atom. The van der Waals surface area contributed by atoms with Crippen molar-refractivity contribution in [3.8, 4) is 0 Å². The second-order valence-electron chi connectivity index (χ2n) is 4.24. The van der Waals surface area contributed by atoms with Gasteiger partial charge < -0.3 is 5.32 Å². The van der Waals surface area contributed by atoms with E-state index in [1.54, 1.807) is 18.3 Å². The molecule has 1 saturated carbocycles. The molecule has 1 amide bonds. The quantitative estimate of drug-likeness (QED) is 0.838. The Labute approximate surface area is 97.4 Å². The van der Waals surface area contributed by atoms with Crippen LogP contribution in [0.3, 0.4) is 0 Å². The van der Waals surface area contributed by atoms with Crippen molar-refractivity contribution in [3.63, 3.8) is 0 Å². The van der Waals surface area contributed by atoms with Crippen molar-refractivity contribution >= 4 is 21.8 Å². The van der Waals surface area contributed by atoms with Gasteiger partial charge in [0.2, 0.25) is 0 Å². The number of aromatic nitrogens is 1. The Balaban J connectivity index is 2.04. The fraction of sp³-hybridized carbons (Fsp3) is 0.455. The molecule has 0 spiro atoms. The van der Waals surface area contributed by atoms with Crippen LogP contribution < -0.4 is 5.32 Å². The highest BCUT2D eigenvalue weighted by Gasteiger charge is 2.33. The van der Waals surface area contributed by atoms with Gasteiger partial charge in [0.05, 0.1) is 5.56 Å². The van der Waals surface area contributed by atoms with Crippen LogP contribution >= 0.6 is 15.9 Å². The summed E-state index contributed by atoms with van der Waals surface area (Å²) in [7, 11) is 0. The van der Waals surface area contributed by atoms with Crippen molar-refractivity contribution in [2.24, 2.45) is 0 Å². The molecular weight excluding hydrogens is 256 g/mol. The summed E-state index contributed by atoms with van der Waals surface area (Å²) < 4.78 is 0.744. The first-order valence-corrected chi connectivity index (χ1v) is 5.82. The summed E-state index contributed by atoms with van der Waals surface area (Å²) in [6.45, 7) is 2.08. The lowest BCUT2D eigenvalue weighted by molar-refractivity contribution is 0.0850. The summed E-state index contributed by atoms with van der Waals surface area (Å²) in [5.41, 5.74) is 0.621. The molecule has 0 radical (unpaired) electrons. The molecule has 3 nitrogen and oxygen atoms in total. The van der Waals surface area contributed by atoms with Gasteiger partial charge in [-0.05, 0) is 54.2 Å². The predicted molar refractivity (Wildman–Crippen MR) is 61.7 cm³/mol. The van der Waals surface area contributed by atoms with Crippen LogP contribution in [0.25, 0.3) is 0 Å². The highest BCUT2D eigenvalue weighted by molar-refractivity contribution is 9.10. The molecule has 1 N–H and O–H groups in total. The monoisotopic (exact) mass is 268 g/mol. The third-order valence-electron chi connectivity index (χ3n) is 2.86. The Morgan fingerprint density at radius 2 is 2.27 bits per heavy atom. The van der Waals surface area contributed by atoms with Crippen molar-refractivity contribution in [1.29, 1.82) is 0 Å². The van der Waals surface area contributed by atoms with Gasteiger partial charge in [-0.2, -0.15) is 0 Å². The standard InChI is InChI=1S/C11H13BrN2O/c1-11(5-2-6-11)14-10(15)8-3-4-9(12)13-7-8/h3-4,7H,2,5-6H2,1H3,(H,14,15). The molecule has 1 aliphatic rings. The second kappa shape index (κ2) is 3.93. The van der Waals surface area contributed by atoms with Crippen molar-refractivity contribution < 1.29 is 4.79 Å². The SMILES string of the molecule is CC1(NC(=O)c2ccc(Br)nc2)CCC1. The summed E-state index contributed by atoms with van der Waals surface area (Å²) in [6.07, 6.45) is 4.93. The van der Waals surface area contributed by atoms with E-state index in [0.717, 1.165) is 17.4 Å². The third-order valence-corrected chi connectivity index (χ3v) is 3.33. The Kier molecular flexibility index (Phi) is 2.78. The van der Waals surface area contributed by atoms with Gasteiger partial charge in [-0.3, -0.25) is 4.79 Å². The van der Waals surface area contributed by atoms with Gasteiger partial charge in [0.15, 0.2) is 0 Å². The Hall–Kier alpha value is -0.900. The number of rotatable bonds is 2. The third kappa shape index (κ3) is 2.37. The molecule has 1 aromatic rings. The lowest BCUT2D eigenvalue weighted by Gasteiger charge is -2.39. The fourth-order valence-electron chi connectivity index (χ4n) is 1.69. The van der Waals surface area contributed by atoms with Gasteiger partial charge >= 0.3 is 0 Å². The van der Waals surface area contributed by atoms with Gasteiger partial charge in [-0.15, -0.1) is 0 Å². The van der Waals surface area contributed by atoms with E-state index >= 15 is 0 Å². The summed E-state index contributed by atoms with van der Waals surface area (Å²) in [5.74, 6) is -0.0304. The van der Waals surface area contributed by atoms with E-state index in [-0.39, 0.29) is 11.4 Å². The maximum absolute atomic E-state index is 11.8. The van der Waals surface area contributed by atoms with Crippen LogP contribution in [0.2, 0.25) is 0 Å². The van der Waals surface area contributed by atoms with E-state index in [4.69, 9.17) is 0 Å². The van der Waals surface area contributed by atoms with Crippen LogP contribution in [-0.4, -0.2) is 16.4 Å².